The Hall–Kier alpha value is -2.44. The zero-order valence-electron chi connectivity index (χ0n) is 14.9. The maximum Gasteiger partial charge on any atom is 0.304 e. The molecule has 2 heterocycles. The van der Waals surface area contributed by atoms with Crippen LogP contribution in [0.15, 0.2) is 42.7 Å². The molecule has 0 bridgehead atoms. The van der Waals surface area contributed by atoms with E-state index in [9.17, 15) is 4.79 Å². The van der Waals surface area contributed by atoms with Gasteiger partial charge in [-0.3, -0.25) is 14.7 Å². The highest BCUT2D eigenvalue weighted by Gasteiger charge is 2.23. The molecule has 1 aliphatic heterocycles. The molecule has 0 radical (unpaired) electrons. The van der Waals surface area contributed by atoms with Crippen molar-refractivity contribution in [1.82, 2.24) is 9.88 Å². The van der Waals surface area contributed by atoms with Gasteiger partial charge in [-0.15, -0.1) is 0 Å². The van der Waals surface area contributed by atoms with Gasteiger partial charge >= 0.3 is 5.97 Å². The monoisotopic (exact) mass is 356 g/mol. The van der Waals surface area contributed by atoms with Crippen molar-refractivity contribution >= 4 is 5.97 Å². The van der Waals surface area contributed by atoms with Crippen LogP contribution in [0.1, 0.15) is 29.2 Å². The van der Waals surface area contributed by atoms with Crippen molar-refractivity contribution < 1.29 is 19.4 Å². The number of ether oxygens (including phenoxy) is 2. The molecule has 0 amide bonds. The average Bonchev–Trinajstić information content (AvgIpc) is 2.66. The number of aliphatic carboxylic acids is 1. The van der Waals surface area contributed by atoms with Crippen LogP contribution in [0.25, 0.3) is 0 Å². The van der Waals surface area contributed by atoms with Crippen molar-refractivity contribution in [2.45, 2.75) is 26.1 Å². The number of carboxylic acid groups (broad SMARTS) is 1. The molecule has 1 saturated heterocycles. The van der Waals surface area contributed by atoms with Gasteiger partial charge in [0.15, 0.2) is 0 Å². The molecule has 0 saturated carbocycles. The highest BCUT2D eigenvalue weighted by atomic mass is 16.5. The van der Waals surface area contributed by atoms with Crippen LogP contribution >= 0.6 is 0 Å². The van der Waals surface area contributed by atoms with E-state index >= 15 is 0 Å². The highest BCUT2D eigenvalue weighted by molar-refractivity contribution is 5.66. The molecule has 0 unspecified atom stereocenters. The summed E-state index contributed by atoms with van der Waals surface area (Å²) in [7, 11) is 0. The summed E-state index contributed by atoms with van der Waals surface area (Å²) in [6.45, 7) is 5.21. The third-order valence-electron chi connectivity index (χ3n) is 4.54. The fourth-order valence-corrected chi connectivity index (χ4v) is 3.09. The Labute approximate surface area is 153 Å². The Morgan fingerprint density at radius 3 is 2.88 bits per heavy atom. The van der Waals surface area contributed by atoms with E-state index in [0.717, 1.165) is 29.0 Å². The molecule has 3 rings (SSSR count). The maximum absolute atomic E-state index is 10.8. The first kappa shape index (κ1) is 18.4. The second-order valence-corrected chi connectivity index (χ2v) is 6.47. The SMILES string of the molecule is Cc1cc(OCc2ccncc2)ccc1[C@@H]1CN(CCC(=O)O)CCO1. The summed E-state index contributed by atoms with van der Waals surface area (Å²) >= 11 is 0. The fourth-order valence-electron chi connectivity index (χ4n) is 3.09. The largest absolute Gasteiger partial charge is 0.489 e. The molecule has 6 nitrogen and oxygen atoms in total. The van der Waals surface area contributed by atoms with Crippen molar-refractivity contribution in [3.63, 3.8) is 0 Å². The van der Waals surface area contributed by atoms with Crippen molar-refractivity contribution in [2.75, 3.05) is 26.2 Å². The van der Waals surface area contributed by atoms with Gasteiger partial charge in [-0.25, -0.2) is 0 Å². The van der Waals surface area contributed by atoms with Crippen LogP contribution in [-0.2, 0) is 16.1 Å². The third kappa shape index (κ3) is 5.03. The molecule has 1 atom stereocenters. The Morgan fingerprint density at radius 1 is 1.35 bits per heavy atom. The van der Waals surface area contributed by atoms with Gasteiger partial charge in [-0.05, 0) is 47.9 Å². The number of hydrogen-bond donors (Lipinski definition) is 1. The van der Waals surface area contributed by atoms with Gasteiger partial charge in [0, 0.05) is 32.0 Å². The van der Waals surface area contributed by atoms with Crippen LogP contribution in [0, 0.1) is 6.92 Å². The number of rotatable bonds is 7. The number of aryl methyl sites for hydroxylation is 1. The molecule has 2 aromatic rings. The Morgan fingerprint density at radius 2 is 2.15 bits per heavy atom. The Bertz CT molecular complexity index is 736. The normalized spacial score (nSPS) is 17.8. The number of carbonyl (C=O) groups is 1. The van der Waals surface area contributed by atoms with Crippen LogP contribution in [-0.4, -0.2) is 47.2 Å². The molecule has 26 heavy (non-hydrogen) atoms. The zero-order chi connectivity index (χ0) is 18.4. The molecule has 0 spiro atoms. The zero-order valence-corrected chi connectivity index (χ0v) is 14.9. The van der Waals surface area contributed by atoms with Gasteiger partial charge in [0.2, 0.25) is 0 Å². The van der Waals surface area contributed by atoms with E-state index in [1.807, 2.05) is 37.3 Å². The summed E-state index contributed by atoms with van der Waals surface area (Å²) in [5, 5.41) is 8.86. The van der Waals surface area contributed by atoms with Crippen LogP contribution in [0.5, 0.6) is 5.75 Å². The lowest BCUT2D eigenvalue weighted by molar-refractivity contribution is -0.137. The number of carboxylic acids is 1. The summed E-state index contributed by atoms with van der Waals surface area (Å²) in [6, 6.07) is 9.90. The van der Waals surface area contributed by atoms with E-state index in [1.54, 1.807) is 12.4 Å². The van der Waals surface area contributed by atoms with Crippen LogP contribution in [0.3, 0.4) is 0 Å². The molecular weight excluding hydrogens is 332 g/mol. The van der Waals surface area contributed by atoms with Gasteiger partial charge < -0.3 is 14.6 Å². The minimum Gasteiger partial charge on any atom is -0.489 e. The van der Waals surface area contributed by atoms with Crippen molar-refractivity contribution in [3.8, 4) is 5.75 Å². The first-order valence-corrected chi connectivity index (χ1v) is 8.80. The van der Waals surface area contributed by atoms with Gasteiger partial charge in [0.25, 0.3) is 0 Å². The average molecular weight is 356 g/mol. The third-order valence-corrected chi connectivity index (χ3v) is 4.54. The second-order valence-electron chi connectivity index (χ2n) is 6.47. The van der Waals surface area contributed by atoms with Gasteiger partial charge in [-0.2, -0.15) is 0 Å². The van der Waals surface area contributed by atoms with E-state index in [1.165, 1.54) is 0 Å². The standard InChI is InChI=1S/C20H24N2O4/c1-15-12-17(26-14-16-4-7-21-8-5-16)2-3-18(15)19-13-22(10-11-25-19)9-6-20(23)24/h2-5,7-8,12,19H,6,9-11,13-14H2,1H3,(H,23,24)/t19-/m0/s1. The minimum atomic E-state index is -0.764. The summed E-state index contributed by atoms with van der Waals surface area (Å²) in [5.74, 6) is 0.0570. The van der Waals surface area contributed by atoms with Crippen LogP contribution in [0.2, 0.25) is 0 Å². The van der Waals surface area contributed by atoms with Gasteiger partial charge in [0.1, 0.15) is 12.4 Å². The predicted octanol–water partition coefficient (Wildman–Crippen LogP) is 2.82. The molecule has 138 valence electrons. The summed E-state index contributed by atoms with van der Waals surface area (Å²) in [5.41, 5.74) is 3.31. The smallest absolute Gasteiger partial charge is 0.304 e. The van der Waals surface area contributed by atoms with E-state index in [-0.39, 0.29) is 12.5 Å². The van der Waals surface area contributed by atoms with Crippen molar-refractivity contribution in [1.29, 1.82) is 0 Å². The molecule has 1 aliphatic rings. The second kappa shape index (κ2) is 8.78. The van der Waals surface area contributed by atoms with Crippen LogP contribution in [0.4, 0.5) is 0 Å². The lowest BCUT2D eigenvalue weighted by Crippen LogP contribution is -2.39. The number of benzene rings is 1. The molecule has 1 aromatic carbocycles. The lowest BCUT2D eigenvalue weighted by Gasteiger charge is -2.33. The first-order chi connectivity index (χ1) is 12.6. The maximum atomic E-state index is 10.8. The molecule has 1 aromatic heterocycles. The highest BCUT2D eigenvalue weighted by Crippen LogP contribution is 2.28. The van der Waals surface area contributed by atoms with Crippen molar-refractivity contribution in [3.05, 3.63) is 59.4 Å². The van der Waals surface area contributed by atoms with E-state index in [4.69, 9.17) is 14.6 Å². The Balaban J connectivity index is 1.60. The quantitative estimate of drug-likeness (QED) is 0.822. The summed E-state index contributed by atoms with van der Waals surface area (Å²) in [4.78, 5) is 16.9. The number of aromatic nitrogens is 1. The van der Waals surface area contributed by atoms with Crippen LogP contribution < -0.4 is 4.74 Å². The molecular formula is C20H24N2O4. The number of morpholine rings is 1. The number of pyridine rings is 1. The molecule has 0 aliphatic carbocycles. The van der Waals surface area contributed by atoms with E-state index in [2.05, 4.69) is 9.88 Å². The number of hydrogen-bond acceptors (Lipinski definition) is 5. The Kier molecular flexibility index (Phi) is 6.20. The number of nitrogens with zero attached hydrogens (tertiary/aromatic N) is 2. The molecule has 1 fully saturated rings. The topological polar surface area (TPSA) is 71.9 Å². The molecule has 6 heteroatoms. The fraction of sp³-hybridized carbons (Fsp3) is 0.400. The van der Waals surface area contributed by atoms with E-state index < -0.39 is 5.97 Å². The van der Waals surface area contributed by atoms with Gasteiger partial charge in [-0.1, -0.05) is 6.07 Å². The van der Waals surface area contributed by atoms with Gasteiger partial charge in [0.05, 0.1) is 19.1 Å². The summed E-state index contributed by atoms with van der Waals surface area (Å²) < 4.78 is 11.8. The van der Waals surface area contributed by atoms with Crippen molar-refractivity contribution in [2.24, 2.45) is 0 Å². The predicted molar refractivity (Wildman–Crippen MR) is 97.1 cm³/mol. The molecule has 1 N–H and O–H groups in total. The summed E-state index contributed by atoms with van der Waals surface area (Å²) in [6.07, 6.45) is 3.63. The first-order valence-electron chi connectivity index (χ1n) is 8.80. The van der Waals surface area contributed by atoms with E-state index in [0.29, 0.717) is 26.3 Å². The lowest BCUT2D eigenvalue weighted by atomic mass is 10.0. The minimum absolute atomic E-state index is 0.0354.